The Kier molecular flexibility index (Phi) is 4.45. The van der Waals surface area contributed by atoms with Crippen LogP contribution in [0.3, 0.4) is 0 Å². The van der Waals surface area contributed by atoms with Crippen LogP contribution in [-0.2, 0) is 4.74 Å². The minimum absolute atomic E-state index is 0.128. The fourth-order valence-corrected chi connectivity index (χ4v) is 3.95. The Morgan fingerprint density at radius 3 is 2.71 bits per heavy atom. The SMILES string of the molecule is N#CCCN(c1ccccc1)C1CCOC2(CCCC2)C1. The third-order valence-corrected chi connectivity index (χ3v) is 4.97. The van der Waals surface area contributed by atoms with Crippen LogP contribution in [0.25, 0.3) is 0 Å². The summed E-state index contributed by atoms with van der Waals surface area (Å²) in [7, 11) is 0. The molecule has 21 heavy (non-hydrogen) atoms. The number of anilines is 1. The third kappa shape index (κ3) is 3.22. The molecule has 0 amide bonds. The van der Waals surface area contributed by atoms with E-state index in [4.69, 9.17) is 10.00 Å². The van der Waals surface area contributed by atoms with E-state index in [2.05, 4.69) is 41.3 Å². The largest absolute Gasteiger partial charge is 0.375 e. The number of nitriles is 1. The summed E-state index contributed by atoms with van der Waals surface area (Å²) in [5.41, 5.74) is 1.37. The van der Waals surface area contributed by atoms with Gasteiger partial charge in [0.1, 0.15) is 0 Å². The summed E-state index contributed by atoms with van der Waals surface area (Å²) in [5, 5.41) is 8.96. The molecule has 1 heterocycles. The number of nitrogens with zero attached hydrogens (tertiary/aromatic N) is 2. The molecule has 3 nitrogen and oxygen atoms in total. The van der Waals surface area contributed by atoms with Gasteiger partial charge in [0.15, 0.2) is 0 Å². The van der Waals surface area contributed by atoms with Crippen molar-refractivity contribution in [3.63, 3.8) is 0 Å². The standard InChI is InChI=1S/C18H24N2O/c19-12-6-13-20(16-7-2-1-3-8-16)17-9-14-21-18(15-17)10-4-5-11-18/h1-3,7-8,17H,4-6,9-11,13-15H2. The Labute approximate surface area is 127 Å². The van der Waals surface area contributed by atoms with Crippen molar-refractivity contribution >= 4 is 5.69 Å². The van der Waals surface area contributed by atoms with Gasteiger partial charge >= 0.3 is 0 Å². The van der Waals surface area contributed by atoms with Gasteiger partial charge in [0.25, 0.3) is 0 Å². The van der Waals surface area contributed by atoms with Crippen molar-refractivity contribution in [3.05, 3.63) is 30.3 Å². The highest BCUT2D eigenvalue weighted by molar-refractivity contribution is 5.47. The van der Waals surface area contributed by atoms with Gasteiger partial charge in [-0.3, -0.25) is 0 Å². The smallest absolute Gasteiger partial charge is 0.0702 e. The summed E-state index contributed by atoms with van der Waals surface area (Å²) in [5.74, 6) is 0. The van der Waals surface area contributed by atoms with Crippen molar-refractivity contribution in [1.29, 1.82) is 5.26 Å². The molecule has 1 aromatic carbocycles. The predicted molar refractivity (Wildman–Crippen MR) is 84.2 cm³/mol. The van der Waals surface area contributed by atoms with Crippen molar-refractivity contribution in [1.82, 2.24) is 0 Å². The van der Waals surface area contributed by atoms with Gasteiger partial charge in [-0.25, -0.2) is 0 Å². The van der Waals surface area contributed by atoms with E-state index < -0.39 is 0 Å². The number of benzene rings is 1. The molecule has 0 bridgehead atoms. The molecule has 1 unspecified atom stereocenters. The molecule has 3 heteroatoms. The Morgan fingerprint density at radius 1 is 1.24 bits per heavy atom. The minimum atomic E-state index is 0.128. The van der Waals surface area contributed by atoms with Crippen molar-refractivity contribution < 1.29 is 4.74 Å². The van der Waals surface area contributed by atoms with E-state index in [0.717, 1.165) is 26.0 Å². The molecule has 3 rings (SSSR count). The first kappa shape index (κ1) is 14.4. The first-order valence-corrected chi connectivity index (χ1v) is 8.16. The molecule has 2 fully saturated rings. The van der Waals surface area contributed by atoms with Gasteiger partial charge in [0.05, 0.1) is 18.1 Å². The maximum Gasteiger partial charge on any atom is 0.0702 e. The normalized spacial score (nSPS) is 23.9. The van der Waals surface area contributed by atoms with E-state index in [9.17, 15) is 0 Å². The fraction of sp³-hybridized carbons (Fsp3) is 0.611. The van der Waals surface area contributed by atoms with Gasteiger partial charge in [0, 0.05) is 24.9 Å². The van der Waals surface area contributed by atoms with Gasteiger partial charge in [-0.05, 0) is 37.8 Å². The van der Waals surface area contributed by atoms with Crippen LogP contribution in [0.1, 0.15) is 44.9 Å². The summed E-state index contributed by atoms with van der Waals surface area (Å²) >= 11 is 0. The summed E-state index contributed by atoms with van der Waals surface area (Å²) in [6, 6.07) is 13.3. The van der Waals surface area contributed by atoms with Gasteiger partial charge in [-0.1, -0.05) is 31.0 Å². The summed E-state index contributed by atoms with van der Waals surface area (Å²) in [4.78, 5) is 2.44. The maximum absolute atomic E-state index is 8.96. The molecule has 1 aromatic rings. The molecule has 1 aliphatic carbocycles. The second-order valence-corrected chi connectivity index (χ2v) is 6.32. The highest BCUT2D eigenvalue weighted by atomic mass is 16.5. The van der Waals surface area contributed by atoms with Crippen LogP contribution < -0.4 is 4.90 Å². The van der Waals surface area contributed by atoms with Crippen LogP contribution in [0.4, 0.5) is 5.69 Å². The van der Waals surface area contributed by atoms with Crippen LogP contribution in [0.2, 0.25) is 0 Å². The average Bonchev–Trinajstić information content (AvgIpc) is 2.97. The van der Waals surface area contributed by atoms with Crippen LogP contribution in [-0.4, -0.2) is 24.8 Å². The molecular weight excluding hydrogens is 260 g/mol. The van der Waals surface area contributed by atoms with Crippen molar-refractivity contribution in [2.75, 3.05) is 18.1 Å². The lowest BCUT2D eigenvalue weighted by molar-refractivity contribution is -0.0799. The molecule has 1 atom stereocenters. The van der Waals surface area contributed by atoms with Crippen LogP contribution in [0.5, 0.6) is 0 Å². The third-order valence-electron chi connectivity index (χ3n) is 4.97. The monoisotopic (exact) mass is 284 g/mol. The second kappa shape index (κ2) is 6.49. The highest BCUT2D eigenvalue weighted by Gasteiger charge is 2.41. The van der Waals surface area contributed by atoms with E-state index in [-0.39, 0.29) is 5.60 Å². The summed E-state index contributed by atoms with van der Waals surface area (Å²) < 4.78 is 6.16. The summed E-state index contributed by atoms with van der Waals surface area (Å²) in [6.07, 6.45) is 7.80. The van der Waals surface area contributed by atoms with E-state index in [0.29, 0.717) is 12.5 Å². The topological polar surface area (TPSA) is 36.3 Å². The molecule has 0 N–H and O–H groups in total. The van der Waals surface area contributed by atoms with Gasteiger partial charge in [-0.15, -0.1) is 0 Å². The van der Waals surface area contributed by atoms with Crippen LogP contribution in [0.15, 0.2) is 30.3 Å². The van der Waals surface area contributed by atoms with Gasteiger partial charge < -0.3 is 9.64 Å². The van der Waals surface area contributed by atoms with Gasteiger partial charge in [0.2, 0.25) is 0 Å². The zero-order valence-corrected chi connectivity index (χ0v) is 12.6. The Hall–Kier alpha value is -1.53. The molecule has 2 aliphatic rings. The molecule has 1 saturated carbocycles. The van der Waals surface area contributed by atoms with Gasteiger partial charge in [-0.2, -0.15) is 5.26 Å². The Bertz CT molecular complexity index is 488. The second-order valence-electron chi connectivity index (χ2n) is 6.32. The molecule has 1 saturated heterocycles. The van der Waals surface area contributed by atoms with Crippen molar-refractivity contribution in [3.8, 4) is 6.07 Å². The zero-order valence-electron chi connectivity index (χ0n) is 12.6. The molecule has 0 radical (unpaired) electrons. The number of rotatable bonds is 4. The first-order valence-electron chi connectivity index (χ1n) is 8.16. The van der Waals surface area contributed by atoms with Crippen LogP contribution >= 0.6 is 0 Å². The van der Waals surface area contributed by atoms with E-state index >= 15 is 0 Å². The number of ether oxygens (including phenoxy) is 1. The van der Waals surface area contributed by atoms with E-state index in [1.54, 1.807) is 0 Å². The molecular formula is C18H24N2O. The molecule has 1 aliphatic heterocycles. The zero-order chi connectivity index (χ0) is 14.5. The lowest BCUT2D eigenvalue weighted by Crippen LogP contribution is -2.48. The lowest BCUT2D eigenvalue weighted by atomic mass is 9.87. The quantitative estimate of drug-likeness (QED) is 0.841. The van der Waals surface area contributed by atoms with Crippen molar-refractivity contribution in [2.24, 2.45) is 0 Å². The first-order chi connectivity index (χ1) is 10.3. The fourth-order valence-electron chi connectivity index (χ4n) is 3.95. The number of para-hydroxylation sites is 1. The molecule has 0 aromatic heterocycles. The highest BCUT2D eigenvalue weighted by Crippen LogP contribution is 2.41. The Balaban J connectivity index is 1.77. The summed E-state index contributed by atoms with van der Waals surface area (Å²) in [6.45, 7) is 1.68. The number of hydrogen-bond acceptors (Lipinski definition) is 3. The predicted octanol–water partition coefficient (Wildman–Crippen LogP) is 3.90. The van der Waals surface area contributed by atoms with Crippen LogP contribution in [0, 0.1) is 11.3 Å². The van der Waals surface area contributed by atoms with Crippen molar-refractivity contribution in [2.45, 2.75) is 56.6 Å². The molecule has 112 valence electrons. The average molecular weight is 284 g/mol. The number of hydrogen-bond donors (Lipinski definition) is 0. The Morgan fingerprint density at radius 2 is 2.00 bits per heavy atom. The lowest BCUT2D eigenvalue weighted by Gasteiger charge is -2.44. The van der Waals surface area contributed by atoms with E-state index in [1.165, 1.54) is 31.4 Å². The van der Waals surface area contributed by atoms with E-state index in [1.807, 2.05) is 0 Å². The minimum Gasteiger partial charge on any atom is -0.375 e. The maximum atomic E-state index is 8.96. The molecule has 1 spiro atoms.